The van der Waals surface area contributed by atoms with Crippen LogP contribution < -0.4 is 0 Å². The number of aromatic nitrogens is 3. The highest BCUT2D eigenvalue weighted by Crippen LogP contribution is 2.33. The number of hydrogen-bond donors (Lipinski definition) is 1. The molecule has 1 amide bonds. The van der Waals surface area contributed by atoms with Gasteiger partial charge in [0.2, 0.25) is 0 Å². The molecule has 0 saturated carbocycles. The summed E-state index contributed by atoms with van der Waals surface area (Å²) in [6, 6.07) is 12.9. The van der Waals surface area contributed by atoms with Crippen molar-refractivity contribution < 1.29 is 4.79 Å². The van der Waals surface area contributed by atoms with Crippen molar-refractivity contribution in [2.45, 2.75) is 24.9 Å². The Balaban J connectivity index is 1.40. The average molecular weight is 397 g/mol. The predicted octanol–water partition coefficient (Wildman–Crippen LogP) is 3.70. The minimum absolute atomic E-state index is 0.111. The first kappa shape index (κ1) is 17.6. The molecule has 150 valence electrons. The van der Waals surface area contributed by atoms with E-state index in [9.17, 15) is 4.79 Å². The van der Waals surface area contributed by atoms with Gasteiger partial charge in [-0.15, -0.1) is 0 Å². The summed E-state index contributed by atoms with van der Waals surface area (Å²) in [6.45, 7) is 1.91. The number of aromatic amines is 1. The van der Waals surface area contributed by atoms with Crippen LogP contribution in [0.1, 0.15) is 23.2 Å². The van der Waals surface area contributed by atoms with Crippen molar-refractivity contribution >= 4 is 27.8 Å². The minimum Gasteiger partial charge on any atom is -0.346 e. The van der Waals surface area contributed by atoms with Crippen LogP contribution in [-0.2, 0) is 0 Å². The third-order valence-corrected chi connectivity index (χ3v) is 6.59. The maximum Gasteiger partial charge on any atom is 0.256 e. The number of amides is 1. The molecule has 4 aromatic rings. The van der Waals surface area contributed by atoms with E-state index in [4.69, 9.17) is 0 Å². The molecule has 2 aliphatic rings. The van der Waals surface area contributed by atoms with Crippen LogP contribution >= 0.6 is 0 Å². The lowest BCUT2D eigenvalue weighted by Gasteiger charge is -2.39. The summed E-state index contributed by atoms with van der Waals surface area (Å²) >= 11 is 0. The molecule has 6 rings (SSSR count). The van der Waals surface area contributed by atoms with E-state index in [0.29, 0.717) is 17.6 Å². The minimum atomic E-state index is 0.111. The molecule has 1 aromatic carbocycles. The maximum atomic E-state index is 13.4. The Morgan fingerprint density at radius 1 is 1.10 bits per heavy atom. The summed E-state index contributed by atoms with van der Waals surface area (Å²) in [7, 11) is 2.14. The Bertz CT molecular complexity index is 1270. The molecule has 2 saturated heterocycles. The van der Waals surface area contributed by atoms with Crippen LogP contribution in [0.25, 0.3) is 33.1 Å². The molecule has 0 aliphatic carbocycles. The molecule has 2 aliphatic heterocycles. The second kappa shape index (κ2) is 6.64. The van der Waals surface area contributed by atoms with Crippen molar-refractivity contribution in [3.05, 3.63) is 60.6 Å². The lowest BCUT2D eigenvalue weighted by atomic mass is 10.0. The molecular formula is C24H23N5O. The highest BCUT2D eigenvalue weighted by Gasteiger charge is 2.41. The van der Waals surface area contributed by atoms with Crippen LogP contribution in [0.5, 0.6) is 0 Å². The van der Waals surface area contributed by atoms with Gasteiger partial charge < -0.3 is 14.8 Å². The Morgan fingerprint density at radius 3 is 2.77 bits per heavy atom. The number of pyridine rings is 2. The number of carbonyl (C=O) groups excluding carboxylic acids is 1. The van der Waals surface area contributed by atoms with Crippen LogP contribution in [-0.4, -0.2) is 62.9 Å². The number of carbonyl (C=O) groups is 1. The fourth-order valence-corrected chi connectivity index (χ4v) is 5.20. The first-order chi connectivity index (χ1) is 14.7. The molecule has 6 nitrogen and oxygen atoms in total. The van der Waals surface area contributed by atoms with E-state index in [0.717, 1.165) is 59.0 Å². The zero-order chi connectivity index (χ0) is 20.2. The number of piperazine rings is 1. The molecule has 2 bridgehead atoms. The van der Waals surface area contributed by atoms with Gasteiger partial charge in [-0.05, 0) is 49.7 Å². The number of hydrogen-bond acceptors (Lipinski definition) is 4. The molecule has 30 heavy (non-hydrogen) atoms. The second-order valence-electron chi connectivity index (χ2n) is 8.55. The van der Waals surface area contributed by atoms with Crippen molar-refractivity contribution in [3.8, 4) is 11.1 Å². The van der Waals surface area contributed by atoms with Gasteiger partial charge in [-0.2, -0.15) is 0 Å². The summed E-state index contributed by atoms with van der Waals surface area (Å²) in [5.41, 5.74) is 4.59. The van der Waals surface area contributed by atoms with Gasteiger partial charge in [0.05, 0.1) is 11.1 Å². The molecule has 2 unspecified atom stereocenters. The third-order valence-electron chi connectivity index (χ3n) is 6.59. The highest BCUT2D eigenvalue weighted by molar-refractivity contribution is 6.02. The average Bonchev–Trinajstić information content (AvgIpc) is 3.31. The van der Waals surface area contributed by atoms with Gasteiger partial charge in [-0.1, -0.05) is 12.1 Å². The molecule has 0 radical (unpaired) electrons. The number of nitrogens with zero attached hydrogens (tertiary/aromatic N) is 4. The number of nitrogens with one attached hydrogen (secondary N) is 1. The normalized spacial score (nSPS) is 21.6. The van der Waals surface area contributed by atoms with E-state index in [-0.39, 0.29) is 5.91 Å². The first-order valence-electron chi connectivity index (χ1n) is 10.5. The number of rotatable bonds is 2. The fraction of sp³-hybridized carbons (Fsp3) is 0.292. The lowest BCUT2D eigenvalue weighted by Crippen LogP contribution is -2.54. The van der Waals surface area contributed by atoms with Crippen LogP contribution in [0.2, 0.25) is 0 Å². The topological polar surface area (TPSA) is 65.1 Å². The number of H-pyrrole nitrogens is 1. The highest BCUT2D eigenvalue weighted by atomic mass is 16.2. The van der Waals surface area contributed by atoms with Gasteiger partial charge in [-0.25, -0.2) is 4.98 Å². The predicted molar refractivity (Wildman–Crippen MR) is 117 cm³/mol. The summed E-state index contributed by atoms with van der Waals surface area (Å²) in [5.74, 6) is 0.111. The van der Waals surface area contributed by atoms with Crippen molar-refractivity contribution in [3.63, 3.8) is 0 Å². The first-order valence-corrected chi connectivity index (χ1v) is 10.5. The van der Waals surface area contributed by atoms with Crippen molar-refractivity contribution in [1.29, 1.82) is 0 Å². The number of fused-ring (bicyclic) bond motifs is 4. The van der Waals surface area contributed by atoms with Gasteiger partial charge in [-0.3, -0.25) is 9.78 Å². The molecule has 3 aromatic heterocycles. The number of likely N-dealkylation sites (tertiary alicyclic amines) is 1. The molecule has 2 fully saturated rings. The summed E-state index contributed by atoms with van der Waals surface area (Å²) < 4.78 is 0. The van der Waals surface area contributed by atoms with Crippen molar-refractivity contribution in [1.82, 2.24) is 24.8 Å². The van der Waals surface area contributed by atoms with E-state index in [1.165, 1.54) is 0 Å². The zero-order valence-corrected chi connectivity index (χ0v) is 16.9. The number of benzene rings is 1. The van der Waals surface area contributed by atoms with Crippen LogP contribution in [0.3, 0.4) is 0 Å². The molecule has 1 N–H and O–H groups in total. The molecule has 6 heteroatoms. The van der Waals surface area contributed by atoms with E-state index >= 15 is 0 Å². The van der Waals surface area contributed by atoms with Crippen molar-refractivity contribution in [2.75, 3.05) is 20.1 Å². The molecule has 5 heterocycles. The molecular weight excluding hydrogens is 374 g/mol. The van der Waals surface area contributed by atoms with Crippen LogP contribution in [0.4, 0.5) is 0 Å². The summed E-state index contributed by atoms with van der Waals surface area (Å²) in [4.78, 5) is 30.1. The summed E-state index contributed by atoms with van der Waals surface area (Å²) in [6.07, 6.45) is 7.69. The Labute approximate surface area is 174 Å². The van der Waals surface area contributed by atoms with Crippen LogP contribution in [0.15, 0.2) is 55.0 Å². The Kier molecular flexibility index (Phi) is 3.89. The van der Waals surface area contributed by atoms with E-state index in [2.05, 4.69) is 50.0 Å². The van der Waals surface area contributed by atoms with Gasteiger partial charge in [0.1, 0.15) is 5.65 Å². The van der Waals surface area contributed by atoms with Crippen LogP contribution in [0, 0.1) is 0 Å². The lowest BCUT2D eigenvalue weighted by molar-refractivity contribution is 0.0472. The van der Waals surface area contributed by atoms with E-state index in [1.54, 1.807) is 12.4 Å². The molecule has 0 spiro atoms. The number of likely N-dealkylation sites (N-methyl/N-ethyl adjacent to an activating group) is 1. The third kappa shape index (κ3) is 2.71. The fourth-order valence-electron chi connectivity index (χ4n) is 5.20. The second-order valence-corrected chi connectivity index (χ2v) is 8.55. The van der Waals surface area contributed by atoms with Crippen molar-refractivity contribution in [2.24, 2.45) is 0 Å². The molecule has 2 atom stereocenters. The summed E-state index contributed by atoms with van der Waals surface area (Å²) in [5, 5.41) is 2.07. The van der Waals surface area contributed by atoms with Gasteiger partial charge in [0.25, 0.3) is 5.91 Å². The Morgan fingerprint density at radius 2 is 1.93 bits per heavy atom. The quantitative estimate of drug-likeness (QED) is 0.560. The monoisotopic (exact) mass is 397 g/mol. The van der Waals surface area contributed by atoms with E-state index in [1.807, 2.05) is 24.4 Å². The standard InChI is InChI=1S/C24H23N5O/c1-28-13-18-5-6-19(14-28)29(18)24(30)17-10-20-21(12-27-23(20)26-11-17)15-4-7-22-16(9-15)3-2-8-25-22/h2-4,7-12,18-19H,5-6,13-14H2,1H3,(H,26,27). The Hall–Kier alpha value is -3.25. The van der Waals surface area contributed by atoms with Gasteiger partial charge in [0, 0.05) is 60.1 Å². The zero-order valence-electron chi connectivity index (χ0n) is 16.9. The largest absolute Gasteiger partial charge is 0.346 e. The smallest absolute Gasteiger partial charge is 0.256 e. The SMILES string of the molecule is CN1CC2CCC(C1)N2C(=O)c1cnc2[nH]cc(-c3ccc4ncccc4c3)c2c1. The van der Waals surface area contributed by atoms with Gasteiger partial charge in [0.15, 0.2) is 0 Å². The van der Waals surface area contributed by atoms with Gasteiger partial charge >= 0.3 is 0 Å². The van der Waals surface area contributed by atoms with E-state index < -0.39 is 0 Å². The maximum absolute atomic E-state index is 13.4.